The highest BCUT2D eigenvalue weighted by atomic mass is 16.8. The monoisotopic (exact) mass is 270 g/mol. The van der Waals surface area contributed by atoms with Crippen molar-refractivity contribution in [3.8, 4) is 0 Å². The molecule has 2 saturated carbocycles. The number of methoxy groups -OCH3 is 2. The van der Waals surface area contributed by atoms with Gasteiger partial charge in [-0.25, -0.2) is 0 Å². The molecular formula is C14H22O5. The van der Waals surface area contributed by atoms with Crippen LogP contribution in [0, 0.1) is 0 Å². The Morgan fingerprint density at radius 1 is 1.05 bits per heavy atom. The summed E-state index contributed by atoms with van der Waals surface area (Å²) >= 11 is 0. The summed E-state index contributed by atoms with van der Waals surface area (Å²) in [5.41, 5.74) is 0. The van der Waals surface area contributed by atoms with Crippen molar-refractivity contribution < 1.29 is 23.7 Å². The quantitative estimate of drug-likeness (QED) is 0.765. The maximum atomic E-state index is 11.6. The molecule has 1 heterocycles. The topological polar surface area (TPSA) is 54.0 Å². The van der Waals surface area contributed by atoms with Crippen LogP contribution in [0.4, 0.5) is 0 Å². The summed E-state index contributed by atoms with van der Waals surface area (Å²) in [6.45, 7) is 0. The second-order valence-corrected chi connectivity index (χ2v) is 5.72. The molecule has 5 heteroatoms. The number of carbonyl (C=O) groups is 1. The van der Waals surface area contributed by atoms with Crippen molar-refractivity contribution in [2.45, 2.75) is 68.7 Å². The molecule has 1 saturated heterocycles. The van der Waals surface area contributed by atoms with Crippen molar-refractivity contribution >= 4 is 5.78 Å². The molecule has 1 aliphatic heterocycles. The lowest BCUT2D eigenvalue weighted by molar-refractivity contribution is -0.470. The molecule has 0 unspecified atom stereocenters. The first-order valence-corrected chi connectivity index (χ1v) is 7.12. The first-order chi connectivity index (χ1) is 9.15. The Morgan fingerprint density at radius 3 is 2.21 bits per heavy atom. The molecular weight excluding hydrogens is 248 g/mol. The fourth-order valence-corrected chi connectivity index (χ4v) is 3.69. The van der Waals surface area contributed by atoms with Gasteiger partial charge in [0.25, 0.3) is 0 Å². The van der Waals surface area contributed by atoms with E-state index in [0.717, 1.165) is 25.7 Å². The van der Waals surface area contributed by atoms with Crippen LogP contribution in [-0.2, 0) is 23.7 Å². The summed E-state index contributed by atoms with van der Waals surface area (Å²) in [6, 6.07) is 0. The molecule has 0 radical (unpaired) electrons. The van der Waals surface area contributed by atoms with Crippen LogP contribution >= 0.6 is 0 Å². The Labute approximate surface area is 113 Å². The lowest BCUT2D eigenvalue weighted by Gasteiger charge is -2.57. The van der Waals surface area contributed by atoms with E-state index < -0.39 is 11.6 Å². The standard InChI is InChI=1S/C14H22O5/c1-16-13-7-3-4-8-14(13,17-2)19-12-9-10(15)5-6-11(12)18-13/h11-12H,3-9H2,1-2H3/t11-,12-,13+,14+/m1/s1. The van der Waals surface area contributed by atoms with Gasteiger partial charge < -0.3 is 18.9 Å². The van der Waals surface area contributed by atoms with Crippen LogP contribution in [0.2, 0.25) is 0 Å². The summed E-state index contributed by atoms with van der Waals surface area (Å²) in [6.07, 6.45) is 5.05. The van der Waals surface area contributed by atoms with E-state index in [-0.39, 0.29) is 18.0 Å². The number of ether oxygens (including phenoxy) is 4. The normalized spacial score (nSPS) is 46.5. The van der Waals surface area contributed by atoms with E-state index >= 15 is 0 Å². The van der Waals surface area contributed by atoms with E-state index in [9.17, 15) is 4.79 Å². The fraction of sp³-hybridized carbons (Fsp3) is 0.929. The second-order valence-electron chi connectivity index (χ2n) is 5.72. The van der Waals surface area contributed by atoms with Crippen molar-refractivity contribution in [3.05, 3.63) is 0 Å². The average molecular weight is 270 g/mol. The molecule has 0 aromatic carbocycles. The van der Waals surface area contributed by atoms with Crippen LogP contribution in [-0.4, -0.2) is 43.8 Å². The molecule has 5 nitrogen and oxygen atoms in total. The van der Waals surface area contributed by atoms with Gasteiger partial charge in [-0.15, -0.1) is 0 Å². The van der Waals surface area contributed by atoms with Gasteiger partial charge in [-0.1, -0.05) is 0 Å². The van der Waals surface area contributed by atoms with Crippen LogP contribution in [0.5, 0.6) is 0 Å². The van der Waals surface area contributed by atoms with Crippen LogP contribution in [0.3, 0.4) is 0 Å². The zero-order valence-electron chi connectivity index (χ0n) is 11.6. The number of carbonyl (C=O) groups excluding carboxylic acids is 1. The Balaban J connectivity index is 1.91. The van der Waals surface area contributed by atoms with E-state index in [1.54, 1.807) is 14.2 Å². The highest BCUT2D eigenvalue weighted by molar-refractivity contribution is 5.79. The zero-order valence-corrected chi connectivity index (χ0v) is 11.6. The average Bonchev–Trinajstić information content (AvgIpc) is 2.44. The molecule has 0 bridgehead atoms. The predicted molar refractivity (Wildman–Crippen MR) is 66.6 cm³/mol. The summed E-state index contributed by atoms with van der Waals surface area (Å²) in [4.78, 5) is 11.6. The molecule has 4 atom stereocenters. The smallest absolute Gasteiger partial charge is 0.223 e. The summed E-state index contributed by atoms with van der Waals surface area (Å²) in [5, 5.41) is 0. The van der Waals surface area contributed by atoms with Crippen molar-refractivity contribution in [3.63, 3.8) is 0 Å². The highest BCUT2D eigenvalue weighted by Crippen LogP contribution is 2.50. The van der Waals surface area contributed by atoms with Crippen LogP contribution in [0.25, 0.3) is 0 Å². The minimum Gasteiger partial charge on any atom is -0.349 e. The molecule has 2 aliphatic carbocycles. The van der Waals surface area contributed by atoms with E-state index in [4.69, 9.17) is 18.9 Å². The number of rotatable bonds is 2. The van der Waals surface area contributed by atoms with Gasteiger partial charge in [0.2, 0.25) is 11.6 Å². The number of hydrogen-bond donors (Lipinski definition) is 0. The number of fused-ring (bicyclic) bond motifs is 2. The van der Waals surface area contributed by atoms with Crippen LogP contribution in [0.15, 0.2) is 0 Å². The van der Waals surface area contributed by atoms with E-state index in [1.807, 2.05) is 0 Å². The van der Waals surface area contributed by atoms with Crippen molar-refractivity contribution in [1.29, 1.82) is 0 Å². The molecule has 0 aromatic rings. The van der Waals surface area contributed by atoms with Crippen molar-refractivity contribution in [2.24, 2.45) is 0 Å². The fourth-order valence-electron chi connectivity index (χ4n) is 3.69. The molecule has 0 amide bonds. The summed E-state index contributed by atoms with van der Waals surface area (Å²) < 4.78 is 23.8. The zero-order chi connectivity index (χ0) is 13.5. The molecule has 0 N–H and O–H groups in total. The van der Waals surface area contributed by atoms with Gasteiger partial charge in [-0.2, -0.15) is 0 Å². The van der Waals surface area contributed by atoms with Gasteiger partial charge in [-0.05, 0) is 19.3 Å². The summed E-state index contributed by atoms with van der Waals surface area (Å²) in [7, 11) is 3.28. The highest BCUT2D eigenvalue weighted by Gasteiger charge is 2.63. The SMILES string of the molecule is CO[C@]12CCCC[C@]1(OC)O[C@@H]1CC(=O)CC[C@H]1O2. The van der Waals surface area contributed by atoms with Crippen molar-refractivity contribution in [1.82, 2.24) is 0 Å². The van der Waals surface area contributed by atoms with Gasteiger partial charge in [0.15, 0.2) is 0 Å². The maximum Gasteiger partial charge on any atom is 0.223 e. The first kappa shape index (κ1) is 13.5. The van der Waals surface area contributed by atoms with E-state index in [2.05, 4.69) is 0 Å². The van der Waals surface area contributed by atoms with Gasteiger partial charge in [-0.3, -0.25) is 4.79 Å². The van der Waals surface area contributed by atoms with Gasteiger partial charge in [0.05, 0.1) is 12.2 Å². The molecule has 19 heavy (non-hydrogen) atoms. The lowest BCUT2D eigenvalue weighted by Crippen LogP contribution is -2.69. The summed E-state index contributed by atoms with van der Waals surface area (Å²) in [5.74, 6) is -1.43. The third kappa shape index (κ3) is 1.95. The minimum absolute atomic E-state index is 0.0565. The molecule has 108 valence electrons. The second kappa shape index (κ2) is 4.81. The largest absolute Gasteiger partial charge is 0.349 e. The Bertz CT molecular complexity index is 371. The number of hydrogen-bond acceptors (Lipinski definition) is 5. The molecule has 3 aliphatic rings. The van der Waals surface area contributed by atoms with Gasteiger partial charge >= 0.3 is 0 Å². The Kier molecular flexibility index (Phi) is 3.41. The number of ketones is 1. The van der Waals surface area contributed by atoms with Gasteiger partial charge in [0, 0.05) is 39.9 Å². The molecule has 0 spiro atoms. The van der Waals surface area contributed by atoms with Crippen LogP contribution < -0.4 is 0 Å². The first-order valence-electron chi connectivity index (χ1n) is 7.12. The molecule has 0 aromatic heterocycles. The van der Waals surface area contributed by atoms with Crippen molar-refractivity contribution in [2.75, 3.05) is 14.2 Å². The Hall–Kier alpha value is -0.490. The van der Waals surface area contributed by atoms with Crippen LogP contribution in [0.1, 0.15) is 44.9 Å². The lowest BCUT2D eigenvalue weighted by atomic mass is 9.83. The molecule has 3 rings (SSSR count). The third-order valence-electron chi connectivity index (χ3n) is 4.74. The van der Waals surface area contributed by atoms with Gasteiger partial charge in [0.1, 0.15) is 5.78 Å². The maximum absolute atomic E-state index is 11.6. The minimum atomic E-state index is -0.862. The van der Waals surface area contributed by atoms with E-state index in [1.165, 1.54) is 0 Å². The predicted octanol–water partition coefficient (Wildman–Crippen LogP) is 1.78. The van der Waals surface area contributed by atoms with E-state index in [0.29, 0.717) is 19.3 Å². The number of Topliss-reactive ketones (excluding diaryl/α,β-unsaturated/α-hetero) is 1. The Morgan fingerprint density at radius 2 is 1.63 bits per heavy atom. The molecule has 3 fully saturated rings. The third-order valence-corrected chi connectivity index (χ3v) is 4.74.